The van der Waals surface area contributed by atoms with Gasteiger partial charge in [-0.3, -0.25) is 4.79 Å². The Morgan fingerprint density at radius 1 is 1.04 bits per heavy atom. The molecule has 0 unspecified atom stereocenters. The van der Waals surface area contributed by atoms with Crippen molar-refractivity contribution in [2.75, 3.05) is 31.1 Å². The number of carbonyl (C=O) groups is 1. The predicted molar refractivity (Wildman–Crippen MR) is 101 cm³/mol. The highest BCUT2D eigenvalue weighted by Gasteiger charge is 2.20. The molecule has 5 nitrogen and oxygen atoms in total. The smallest absolute Gasteiger partial charge is 0.219 e. The van der Waals surface area contributed by atoms with Gasteiger partial charge in [0.1, 0.15) is 11.0 Å². The fourth-order valence-electron chi connectivity index (χ4n) is 2.51. The second-order valence-electron chi connectivity index (χ2n) is 7.08. The van der Waals surface area contributed by atoms with Crippen molar-refractivity contribution in [3.63, 3.8) is 0 Å². The fraction of sp³-hybridized carbons (Fsp3) is 0.556. The molecule has 1 aliphatic rings. The average Bonchev–Trinajstić information content (AvgIpc) is 2.54. The van der Waals surface area contributed by atoms with E-state index >= 15 is 0 Å². The summed E-state index contributed by atoms with van der Waals surface area (Å²) in [7, 11) is -1.25. The molecule has 1 aliphatic heterocycles. The number of rotatable bonds is 3. The van der Waals surface area contributed by atoms with Crippen LogP contribution in [-0.2, 0) is 15.8 Å². The minimum atomic E-state index is -1.25. The minimum absolute atomic E-state index is 0.142. The molecule has 0 radical (unpaired) electrons. The van der Waals surface area contributed by atoms with Crippen LogP contribution in [0.25, 0.3) is 0 Å². The largest absolute Gasteiger partial charge is 0.368 e. The maximum absolute atomic E-state index is 12.1. The second-order valence-corrected chi connectivity index (χ2v) is 8.98. The van der Waals surface area contributed by atoms with Gasteiger partial charge in [0.2, 0.25) is 5.91 Å². The van der Waals surface area contributed by atoms with Crippen LogP contribution in [0.2, 0.25) is 0 Å². The number of piperazine rings is 1. The maximum Gasteiger partial charge on any atom is 0.219 e. The van der Waals surface area contributed by atoms with E-state index in [2.05, 4.69) is 21.4 Å². The van der Waals surface area contributed by atoms with Gasteiger partial charge in [-0.2, -0.15) is 4.40 Å². The quantitative estimate of drug-likeness (QED) is 0.788. The van der Waals surface area contributed by atoms with Gasteiger partial charge < -0.3 is 9.80 Å². The number of anilines is 1. The van der Waals surface area contributed by atoms with E-state index in [0.717, 1.165) is 43.1 Å². The Bertz CT molecular complexity index is 639. The SMILES string of the molecule is CC(=O)N1CCN(c2ccc(/C(C)=N/[S@](=O)C(C)(C)C)cc2)CC1. The highest BCUT2D eigenvalue weighted by Crippen LogP contribution is 2.19. The van der Waals surface area contributed by atoms with Gasteiger partial charge in [-0.25, -0.2) is 4.21 Å². The molecule has 0 aliphatic carbocycles. The molecule has 1 fully saturated rings. The molecule has 0 saturated carbocycles. The summed E-state index contributed by atoms with van der Waals surface area (Å²) in [6.45, 7) is 12.5. The standard InChI is InChI=1S/C18H27N3O2S/c1-14(19-24(23)18(3,4)5)16-6-8-17(9-7-16)21-12-10-20(11-13-21)15(2)22/h6-9H,10-13H2,1-5H3/b19-14+/t24-/m1/s1. The van der Waals surface area contributed by atoms with Crippen LogP contribution in [-0.4, -0.2) is 51.7 Å². The van der Waals surface area contributed by atoms with Crippen LogP contribution in [0, 0.1) is 0 Å². The lowest BCUT2D eigenvalue weighted by molar-refractivity contribution is -0.129. The highest BCUT2D eigenvalue weighted by molar-refractivity contribution is 7.85. The molecule has 1 heterocycles. The monoisotopic (exact) mass is 349 g/mol. The number of hydrogen-bond donors (Lipinski definition) is 0. The van der Waals surface area contributed by atoms with Crippen LogP contribution < -0.4 is 4.90 Å². The Labute approximate surface area is 147 Å². The highest BCUT2D eigenvalue weighted by atomic mass is 32.2. The molecule has 132 valence electrons. The van der Waals surface area contributed by atoms with E-state index in [1.165, 1.54) is 0 Å². The normalized spacial score (nSPS) is 17.8. The van der Waals surface area contributed by atoms with E-state index in [0.29, 0.717) is 0 Å². The minimum Gasteiger partial charge on any atom is -0.368 e. The molecule has 0 N–H and O–H groups in total. The predicted octanol–water partition coefficient (Wildman–Crippen LogP) is 2.63. The Morgan fingerprint density at radius 2 is 1.58 bits per heavy atom. The third-order valence-corrected chi connectivity index (χ3v) is 5.61. The molecular formula is C18H27N3O2S. The van der Waals surface area contributed by atoms with Gasteiger partial charge in [-0.1, -0.05) is 12.1 Å². The maximum atomic E-state index is 12.1. The van der Waals surface area contributed by atoms with Crippen LogP contribution in [0.15, 0.2) is 28.7 Å². The molecule has 1 aromatic rings. The molecule has 0 bridgehead atoms. The van der Waals surface area contributed by atoms with Gasteiger partial charge in [0, 0.05) is 38.8 Å². The van der Waals surface area contributed by atoms with Crippen molar-refractivity contribution >= 4 is 28.3 Å². The zero-order chi connectivity index (χ0) is 17.9. The Hall–Kier alpha value is -1.69. The molecule has 6 heteroatoms. The number of hydrogen-bond acceptors (Lipinski definition) is 3. The molecule has 0 aromatic heterocycles. The van der Waals surface area contributed by atoms with E-state index in [-0.39, 0.29) is 10.7 Å². The summed E-state index contributed by atoms with van der Waals surface area (Å²) in [4.78, 5) is 15.5. The number of nitrogens with zero attached hydrogens (tertiary/aromatic N) is 3. The van der Waals surface area contributed by atoms with Crippen molar-refractivity contribution in [2.24, 2.45) is 4.40 Å². The van der Waals surface area contributed by atoms with Crippen molar-refractivity contribution in [1.29, 1.82) is 0 Å². The summed E-state index contributed by atoms with van der Waals surface area (Å²) in [5, 5.41) is 0. The van der Waals surface area contributed by atoms with Crippen molar-refractivity contribution in [2.45, 2.75) is 39.4 Å². The average molecular weight is 350 g/mol. The van der Waals surface area contributed by atoms with E-state index in [9.17, 15) is 9.00 Å². The van der Waals surface area contributed by atoms with Crippen molar-refractivity contribution < 1.29 is 9.00 Å². The fourth-order valence-corrected chi connectivity index (χ4v) is 3.14. The molecule has 0 spiro atoms. The first-order chi connectivity index (χ1) is 11.2. The van der Waals surface area contributed by atoms with Crippen LogP contribution in [0.3, 0.4) is 0 Å². The number of benzene rings is 1. The third-order valence-electron chi connectivity index (χ3n) is 4.12. The molecule has 1 aromatic carbocycles. The molecular weight excluding hydrogens is 322 g/mol. The first-order valence-corrected chi connectivity index (χ1v) is 9.37. The third kappa shape index (κ3) is 4.66. The van der Waals surface area contributed by atoms with Gasteiger partial charge in [-0.15, -0.1) is 0 Å². The lowest BCUT2D eigenvalue weighted by Gasteiger charge is -2.35. The van der Waals surface area contributed by atoms with Crippen LogP contribution >= 0.6 is 0 Å². The van der Waals surface area contributed by atoms with E-state index in [1.807, 2.05) is 44.7 Å². The Kier molecular flexibility index (Phi) is 5.80. The van der Waals surface area contributed by atoms with Crippen LogP contribution in [0.5, 0.6) is 0 Å². The zero-order valence-corrected chi connectivity index (χ0v) is 16.0. The first kappa shape index (κ1) is 18.6. The van der Waals surface area contributed by atoms with Gasteiger partial charge in [0.25, 0.3) is 0 Å². The van der Waals surface area contributed by atoms with E-state index < -0.39 is 11.0 Å². The summed E-state index contributed by atoms with van der Waals surface area (Å²) < 4.78 is 16.1. The second kappa shape index (κ2) is 7.47. The molecule has 1 amide bonds. The molecule has 1 atom stereocenters. The molecule has 24 heavy (non-hydrogen) atoms. The van der Waals surface area contributed by atoms with Crippen molar-refractivity contribution in [3.8, 4) is 0 Å². The van der Waals surface area contributed by atoms with Crippen LogP contribution in [0.4, 0.5) is 5.69 Å². The van der Waals surface area contributed by atoms with E-state index in [4.69, 9.17) is 0 Å². The molecule has 1 saturated heterocycles. The van der Waals surface area contributed by atoms with Crippen molar-refractivity contribution in [3.05, 3.63) is 29.8 Å². The van der Waals surface area contributed by atoms with E-state index in [1.54, 1.807) is 6.92 Å². The topological polar surface area (TPSA) is 53.0 Å². The number of amides is 1. The summed E-state index contributed by atoms with van der Waals surface area (Å²) in [6.07, 6.45) is 0. The Morgan fingerprint density at radius 3 is 2.04 bits per heavy atom. The first-order valence-electron chi connectivity index (χ1n) is 8.26. The lowest BCUT2D eigenvalue weighted by Crippen LogP contribution is -2.48. The van der Waals surface area contributed by atoms with Crippen molar-refractivity contribution in [1.82, 2.24) is 4.90 Å². The van der Waals surface area contributed by atoms with Crippen LogP contribution in [0.1, 0.15) is 40.2 Å². The summed E-state index contributed by atoms with van der Waals surface area (Å²) in [6, 6.07) is 8.17. The zero-order valence-electron chi connectivity index (χ0n) is 15.2. The summed E-state index contributed by atoms with van der Waals surface area (Å²) in [5.74, 6) is 0.142. The Balaban J connectivity index is 2.05. The van der Waals surface area contributed by atoms with Gasteiger partial charge in [0.15, 0.2) is 0 Å². The van der Waals surface area contributed by atoms with Gasteiger partial charge >= 0.3 is 0 Å². The van der Waals surface area contributed by atoms with Gasteiger partial charge in [-0.05, 0) is 45.4 Å². The number of carbonyl (C=O) groups excluding carboxylic acids is 1. The molecule has 2 rings (SSSR count). The summed E-state index contributed by atoms with van der Waals surface area (Å²) >= 11 is 0. The van der Waals surface area contributed by atoms with Gasteiger partial charge in [0.05, 0.1) is 10.5 Å². The summed E-state index contributed by atoms with van der Waals surface area (Å²) in [5.41, 5.74) is 2.92. The lowest BCUT2D eigenvalue weighted by atomic mass is 10.1.